The lowest BCUT2D eigenvalue weighted by atomic mass is 9.71. The molecule has 7 rings (SSSR count). The number of rotatable bonds is 9. The molecule has 2 N–H and O–H groups in total. The van der Waals surface area contributed by atoms with E-state index >= 15 is 0 Å². The molecule has 5 unspecified atom stereocenters. The number of amides is 2. The van der Waals surface area contributed by atoms with Gasteiger partial charge in [-0.05, 0) is 126 Å². The lowest BCUT2D eigenvalue weighted by Crippen LogP contribution is -2.47. The Bertz CT molecular complexity index is 1250. The van der Waals surface area contributed by atoms with Crippen molar-refractivity contribution in [2.45, 2.75) is 57.4 Å². The van der Waals surface area contributed by atoms with Gasteiger partial charge in [-0.25, -0.2) is 4.98 Å². The molecule has 5 aliphatic rings. The molecule has 8 nitrogen and oxygen atoms in total. The van der Waals surface area contributed by atoms with Gasteiger partial charge in [0.25, 0.3) is 11.8 Å². The maximum absolute atomic E-state index is 13.8. The smallest absolute Gasteiger partial charge is 0.274 e. The number of carbonyl (C=O) groups excluding carboxylic acids is 2. The first kappa shape index (κ1) is 24.6. The number of nitrogens with zero attached hydrogens (tertiary/aromatic N) is 4. The summed E-state index contributed by atoms with van der Waals surface area (Å²) in [4.78, 5) is 36.1. The molecule has 1 spiro atoms. The van der Waals surface area contributed by atoms with Crippen LogP contribution in [0.25, 0.3) is 5.65 Å². The van der Waals surface area contributed by atoms with E-state index in [1.807, 2.05) is 27.5 Å². The van der Waals surface area contributed by atoms with Crippen LogP contribution in [0.2, 0.25) is 0 Å². The first-order chi connectivity index (χ1) is 18.4. The summed E-state index contributed by atoms with van der Waals surface area (Å²) in [5, 5.41) is 6.72. The molecule has 1 saturated heterocycles. The zero-order valence-corrected chi connectivity index (χ0v) is 22.9. The summed E-state index contributed by atoms with van der Waals surface area (Å²) >= 11 is 0. The van der Waals surface area contributed by atoms with Gasteiger partial charge in [0.05, 0.1) is 0 Å². The summed E-state index contributed by atoms with van der Waals surface area (Å²) in [7, 11) is 4.13. The summed E-state index contributed by atoms with van der Waals surface area (Å²) in [6.45, 7) is 4.30. The standard InChI is InChI=1S/C30H42N6O2/c1-34(2)11-4-12-35(22-7-9-31-10-8-22)28(38)24-17-36-25(5-3-6-26(36)33-24)27(37)32-19-29-14-20-13-23(20)30(18-29)16-21(30)15-29/h3,5-6,17,20-23,31H,4,7-16,18-19H2,1-2H3,(H,32,37). The minimum Gasteiger partial charge on any atom is -0.350 e. The van der Waals surface area contributed by atoms with Gasteiger partial charge >= 0.3 is 0 Å². The van der Waals surface area contributed by atoms with Crippen molar-refractivity contribution in [2.75, 3.05) is 46.8 Å². The third kappa shape index (κ3) is 4.15. The van der Waals surface area contributed by atoms with Crippen LogP contribution >= 0.6 is 0 Å². The Labute approximate surface area is 225 Å². The summed E-state index contributed by atoms with van der Waals surface area (Å²) in [6, 6.07) is 5.83. The predicted octanol–water partition coefficient (Wildman–Crippen LogP) is 3.04. The van der Waals surface area contributed by atoms with Gasteiger partial charge in [0.1, 0.15) is 17.0 Å². The Balaban J connectivity index is 1.08. The zero-order chi connectivity index (χ0) is 26.1. The molecule has 3 heterocycles. The predicted molar refractivity (Wildman–Crippen MR) is 146 cm³/mol. The van der Waals surface area contributed by atoms with Gasteiger partial charge in [0.15, 0.2) is 0 Å². The first-order valence-corrected chi connectivity index (χ1v) is 14.8. The van der Waals surface area contributed by atoms with Crippen molar-refractivity contribution in [1.82, 2.24) is 29.8 Å². The Morgan fingerprint density at radius 3 is 2.82 bits per heavy atom. The first-order valence-electron chi connectivity index (χ1n) is 14.8. The fraction of sp³-hybridized carbons (Fsp3) is 0.700. The number of hydrogen-bond donors (Lipinski definition) is 2. The number of piperidine rings is 1. The van der Waals surface area contributed by atoms with E-state index in [1.165, 1.54) is 32.1 Å². The van der Waals surface area contributed by atoms with Crippen LogP contribution in [0.1, 0.15) is 72.3 Å². The van der Waals surface area contributed by atoms with Gasteiger partial charge < -0.3 is 20.4 Å². The van der Waals surface area contributed by atoms with E-state index in [9.17, 15) is 9.59 Å². The molecule has 204 valence electrons. The molecule has 5 atom stereocenters. The highest BCUT2D eigenvalue weighted by Gasteiger charge is 2.76. The lowest BCUT2D eigenvalue weighted by Gasteiger charge is -2.36. The molecule has 1 aliphatic heterocycles. The lowest BCUT2D eigenvalue weighted by molar-refractivity contribution is 0.0629. The van der Waals surface area contributed by atoms with Gasteiger partial charge in [-0.2, -0.15) is 0 Å². The van der Waals surface area contributed by atoms with Crippen LogP contribution in [0, 0.1) is 28.6 Å². The van der Waals surface area contributed by atoms with Gasteiger partial charge in [-0.15, -0.1) is 0 Å². The Kier molecular flexibility index (Phi) is 5.85. The maximum atomic E-state index is 13.8. The van der Waals surface area contributed by atoms with Crippen molar-refractivity contribution >= 4 is 17.5 Å². The van der Waals surface area contributed by atoms with Gasteiger partial charge in [0, 0.05) is 25.3 Å². The summed E-state index contributed by atoms with van der Waals surface area (Å²) < 4.78 is 1.81. The third-order valence-electron chi connectivity index (χ3n) is 10.6. The summed E-state index contributed by atoms with van der Waals surface area (Å²) in [6.07, 6.45) is 11.4. The molecular formula is C30H42N6O2. The SMILES string of the molecule is CN(C)CCCN(C(=O)c1cn2c(C(=O)NCC34CC5CC5C5(CC5C3)C4)cccc2n1)C1CCNCC1. The van der Waals surface area contributed by atoms with Crippen molar-refractivity contribution in [3.8, 4) is 0 Å². The van der Waals surface area contributed by atoms with Gasteiger partial charge in [0.2, 0.25) is 0 Å². The van der Waals surface area contributed by atoms with Crippen molar-refractivity contribution < 1.29 is 9.59 Å². The second-order valence-electron chi connectivity index (χ2n) is 13.4. The van der Waals surface area contributed by atoms with E-state index in [4.69, 9.17) is 4.98 Å². The highest BCUT2D eigenvalue weighted by atomic mass is 16.2. The molecule has 8 heteroatoms. The number of imidazole rings is 1. The number of aromatic nitrogens is 2. The molecule has 0 aromatic carbocycles. The molecule has 2 aromatic heterocycles. The second-order valence-corrected chi connectivity index (χ2v) is 13.4. The van der Waals surface area contributed by atoms with Crippen molar-refractivity contribution in [1.29, 1.82) is 0 Å². The van der Waals surface area contributed by atoms with E-state index in [1.54, 1.807) is 6.20 Å². The number of hydrogen-bond acceptors (Lipinski definition) is 5. The van der Waals surface area contributed by atoms with Gasteiger partial charge in [-0.3, -0.25) is 14.0 Å². The highest BCUT2D eigenvalue weighted by molar-refractivity contribution is 5.95. The quantitative estimate of drug-likeness (QED) is 0.533. The molecular weight excluding hydrogens is 476 g/mol. The average Bonchev–Trinajstić information content (AvgIpc) is 3.75. The molecule has 2 aromatic rings. The molecule has 38 heavy (non-hydrogen) atoms. The van der Waals surface area contributed by atoms with Crippen molar-refractivity contribution in [3.63, 3.8) is 0 Å². The molecule has 2 bridgehead atoms. The van der Waals surface area contributed by atoms with Crippen LogP contribution in [0.15, 0.2) is 24.4 Å². The largest absolute Gasteiger partial charge is 0.350 e. The Morgan fingerprint density at radius 1 is 1.16 bits per heavy atom. The van der Waals surface area contributed by atoms with Crippen LogP contribution < -0.4 is 10.6 Å². The average molecular weight is 519 g/mol. The fourth-order valence-corrected chi connectivity index (χ4v) is 8.80. The van der Waals surface area contributed by atoms with Crippen LogP contribution in [0.4, 0.5) is 0 Å². The van der Waals surface area contributed by atoms with Crippen LogP contribution in [0.5, 0.6) is 0 Å². The molecule has 4 saturated carbocycles. The molecule has 5 fully saturated rings. The minimum absolute atomic E-state index is 0.0266. The number of pyridine rings is 1. The van der Waals surface area contributed by atoms with Crippen LogP contribution in [-0.2, 0) is 0 Å². The van der Waals surface area contributed by atoms with E-state index in [-0.39, 0.29) is 17.9 Å². The van der Waals surface area contributed by atoms with Gasteiger partial charge in [-0.1, -0.05) is 6.07 Å². The highest BCUT2D eigenvalue weighted by Crippen LogP contribution is 2.83. The van der Waals surface area contributed by atoms with E-state index in [0.29, 0.717) is 27.9 Å². The normalized spacial score (nSPS) is 33.2. The van der Waals surface area contributed by atoms with Crippen molar-refractivity contribution in [2.24, 2.45) is 28.6 Å². The molecule has 0 radical (unpaired) electrons. The maximum Gasteiger partial charge on any atom is 0.274 e. The monoisotopic (exact) mass is 518 g/mol. The fourth-order valence-electron chi connectivity index (χ4n) is 8.80. The van der Waals surface area contributed by atoms with Crippen molar-refractivity contribution in [3.05, 3.63) is 35.8 Å². The minimum atomic E-state index is -0.0601. The third-order valence-corrected chi connectivity index (χ3v) is 10.6. The Hall–Kier alpha value is -2.45. The van der Waals surface area contributed by atoms with E-state index in [2.05, 4.69) is 29.6 Å². The molecule has 2 amide bonds. The van der Waals surface area contributed by atoms with E-state index in [0.717, 1.165) is 69.7 Å². The summed E-state index contributed by atoms with van der Waals surface area (Å²) in [5.74, 6) is 2.75. The van der Waals surface area contributed by atoms with E-state index < -0.39 is 0 Å². The number of nitrogens with one attached hydrogen (secondary N) is 2. The zero-order valence-electron chi connectivity index (χ0n) is 22.9. The summed E-state index contributed by atoms with van der Waals surface area (Å²) in [5.41, 5.74) is 2.60. The number of carbonyl (C=O) groups is 2. The molecule has 4 aliphatic carbocycles. The Morgan fingerprint density at radius 2 is 2.00 bits per heavy atom. The van der Waals surface area contributed by atoms with Crippen LogP contribution in [0.3, 0.4) is 0 Å². The number of fused-ring (bicyclic) bond motifs is 3. The topological polar surface area (TPSA) is 82.0 Å². The van der Waals surface area contributed by atoms with Crippen LogP contribution in [-0.4, -0.2) is 83.9 Å². The second kappa shape index (κ2) is 9.05.